The molecule has 0 radical (unpaired) electrons. The number of hydrogen-bond donors (Lipinski definition) is 4. The van der Waals surface area contributed by atoms with Crippen molar-refractivity contribution in [2.75, 3.05) is 0 Å². The van der Waals surface area contributed by atoms with Gasteiger partial charge in [0.05, 0.1) is 15.2 Å². The quantitative estimate of drug-likeness (QED) is 0.227. The Bertz CT molecular complexity index is 857. The molecule has 26 heavy (non-hydrogen) atoms. The van der Waals surface area contributed by atoms with Crippen LogP contribution in [0.1, 0.15) is 21.5 Å². The number of amides is 2. The number of hydroxylamine groups is 1. The van der Waals surface area contributed by atoms with Crippen molar-refractivity contribution in [1.29, 1.82) is 0 Å². The molecule has 7 nitrogen and oxygen atoms in total. The van der Waals surface area contributed by atoms with E-state index in [0.717, 1.165) is 6.08 Å². The van der Waals surface area contributed by atoms with Crippen molar-refractivity contribution < 1.29 is 19.9 Å². The Hall–Kier alpha value is -2.49. The standard InChI is InChI=1S/C17H13Br2N3O4/c18-13-7-11(8-14(19)16(13)24)9-20-21-17(25)12-4-1-10(2-5-12)3-6-15(23)22-26/h1-9,24,26H,(H,21,25)(H,22,23). The Morgan fingerprint density at radius 3 is 2.23 bits per heavy atom. The van der Waals surface area contributed by atoms with Gasteiger partial charge in [0.2, 0.25) is 0 Å². The molecule has 0 aromatic heterocycles. The van der Waals surface area contributed by atoms with Gasteiger partial charge in [0.1, 0.15) is 5.75 Å². The van der Waals surface area contributed by atoms with Crippen molar-refractivity contribution in [2.45, 2.75) is 0 Å². The van der Waals surface area contributed by atoms with Crippen LogP contribution in [0.5, 0.6) is 5.75 Å². The van der Waals surface area contributed by atoms with Gasteiger partial charge in [0, 0.05) is 11.6 Å². The van der Waals surface area contributed by atoms with Crippen molar-refractivity contribution in [1.82, 2.24) is 10.9 Å². The third kappa shape index (κ3) is 5.51. The molecular weight excluding hydrogens is 470 g/mol. The van der Waals surface area contributed by atoms with Crippen molar-refractivity contribution in [3.8, 4) is 5.75 Å². The summed E-state index contributed by atoms with van der Waals surface area (Å²) in [5.74, 6) is -0.966. The molecule has 2 aromatic carbocycles. The minimum atomic E-state index is -0.645. The van der Waals surface area contributed by atoms with E-state index in [4.69, 9.17) is 5.21 Å². The summed E-state index contributed by atoms with van der Waals surface area (Å²) in [7, 11) is 0. The van der Waals surface area contributed by atoms with Crippen LogP contribution >= 0.6 is 31.9 Å². The molecule has 0 fully saturated rings. The lowest BCUT2D eigenvalue weighted by molar-refractivity contribution is -0.124. The summed E-state index contributed by atoms with van der Waals surface area (Å²) in [6.07, 6.45) is 4.09. The first kappa shape index (κ1) is 19.8. The van der Waals surface area contributed by atoms with E-state index in [0.29, 0.717) is 25.6 Å². The maximum Gasteiger partial charge on any atom is 0.271 e. The molecule has 0 spiro atoms. The zero-order chi connectivity index (χ0) is 19.1. The van der Waals surface area contributed by atoms with Crippen LogP contribution in [0.25, 0.3) is 6.08 Å². The highest BCUT2D eigenvalue weighted by molar-refractivity contribution is 9.11. The Morgan fingerprint density at radius 1 is 1.04 bits per heavy atom. The molecule has 0 aliphatic rings. The van der Waals surface area contributed by atoms with Crippen LogP contribution < -0.4 is 10.9 Å². The SMILES string of the molecule is O=C(C=Cc1ccc(C(=O)NN=Cc2cc(Br)c(O)c(Br)c2)cc1)NO. The van der Waals surface area contributed by atoms with E-state index < -0.39 is 11.8 Å². The monoisotopic (exact) mass is 481 g/mol. The molecule has 0 saturated carbocycles. The lowest BCUT2D eigenvalue weighted by atomic mass is 10.1. The number of halogens is 2. The molecule has 2 amide bonds. The number of hydrogen-bond acceptors (Lipinski definition) is 5. The van der Waals surface area contributed by atoms with Gasteiger partial charge in [-0.05, 0) is 73.3 Å². The Labute approximate surface area is 165 Å². The zero-order valence-electron chi connectivity index (χ0n) is 13.1. The lowest BCUT2D eigenvalue weighted by Gasteiger charge is -2.03. The number of benzene rings is 2. The predicted molar refractivity (Wildman–Crippen MR) is 104 cm³/mol. The fourth-order valence-electron chi connectivity index (χ4n) is 1.84. The second kappa shape index (κ2) is 9.27. The summed E-state index contributed by atoms with van der Waals surface area (Å²) in [6, 6.07) is 9.75. The number of nitrogens with one attached hydrogen (secondary N) is 2. The van der Waals surface area contributed by atoms with E-state index in [1.165, 1.54) is 17.8 Å². The largest absolute Gasteiger partial charge is 0.506 e. The lowest BCUT2D eigenvalue weighted by Crippen LogP contribution is -2.17. The van der Waals surface area contributed by atoms with Crippen LogP contribution in [0, 0.1) is 0 Å². The molecule has 0 unspecified atom stereocenters. The summed E-state index contributed by atoms with van der Waals surface area (Å²) >= 11 is 6.43. The number of phenolic OH excluding ortho intramolecular Hbond substituents is 1. The molecule has 0 atom stereocenters. The maximum atomic E-state index is 12.0. The zero-order valence-corrected chi connectivity index (χ0v) is 16.3. The number of nitrogens with zero attached hydrogens (tertiary/aromatic N) is 1. The Balaban J connectivity index is 1.99. The van der Waals surface area contributed by atoms with Gasteiger partial charge in [0.25, 0.3) is 11.8 Å². The van der Waals surface area contributed by atoms with Crippen LogP contribution in [0.4, 0.5) is 0 Å². The third-order valence-electron chi connectivity index (χ3n) is 3.13. The highest BCUT2D eigenvalue weighted by Crippen LogP contribution is 2.32. The molecular formula is C17H13Br2N3O4. The molecule has 0 saturated heterocycles. The molecule has 0 bridgehead atoms. The summed E-state index contributed by atoms with van der Waals surface area (Å²) in [6.45, 7) is 0. The van der Waals surface area contributed by atoms with Gasteiger partial charge in [0.15, 0.2) is 0 Å². The van der Waals surface area contributed by atoms with E-state index in [9.17, 15) is 14.7 Å². The summed E-state index contributed by atoms with van der Waals surface area (Å²) in [4.78, 5) is 23.0. The molecule has 0 aliphatic heterocycles. The second-order valence-corrected chi connectivity index (χ2v) is 6.67. The minimum absolute atomic E-state index is 0.0804. The first-order valence-electron chi connectivity index (χ1n) is 7.14. The third-order valence-corrected chi connectivity index (χ3v) is 4.34. The average molecular weight is 483 g/mol. The van der Waals surface area contributed by atoms with Gasteiger partial charge in [-0.3, -0.25) is 14.8 Å². The summed E-state index contributed by atoms with van der Waals surface area (Å²) < 4.78 is 0.997. The van der Waals surface area contributed by atoms with Crippen LogP contribution in [0.3, 0.4) is 0 Å². The summed E-state index contributed by atoms with van der Waals surface area (Å²) in [5.41, 5.74) is 5.63. The molecule has 2 rings (SSSR count). The normalized spacial score (nSPS) is 11.0. The topological polar surface area (TPSA) is 111 Å². The van der Waals surface area contributed by atoms with E-state index in [2.05, 4.69) is 42.4 Å². The highest BCUT2D eigenvalue weighted by Gasteiger charge is 2.06. The van der Waals surface area contributed by atoms with E-state index >= 15 is 0 Å². The van der Waals surface area contributed by atoms with Crippen LogP contribution in [-0.2, 0) is 4.79 Å². The van der Waals surface area contributed by atoms with Crippen molar-refractivity contribution in [3.05, 3.63) is 68.1 Å². The van der Waals surface area contributed by atoms with Crippen molar-refractivity contribution in [2.24, 2.45) is 5.10 Å². The van der Waals surface area contributed by atoms with Crippen LogP contribution in [-0.4, -0.2) is 28.3 Å². The summed E-state index contributed by atoms with van der Waals surface area (Å²) in [5, 5.41) is 21.9. The second-order valence-electron chi connectivity index (χ2n) is 4.96. The van der Waals surface area contributed by atoms with Gasteiger partial charge in [-0.2, -0.15) is 5.10 Å². The molecule has 134 valence electrons. The van der Waals surface area contributed by atoms with E-state index in [1.807, 2.05) is 0 Å². The maximum absolute atomic E-state index is 12.0. The predicted octanol–water partition coefficient (Wildman–Crippen LogP) is 3.20. The van der Waals surface area contributed by atoms with Crippen molar-refractivity contribution in [3.63, 3.8) is 0 Å². The minimum Gasteiger partial charge on any atom is -0.506 e. The van der Waals surface area contributed by atoms with E-state index in [1.54, 1.807) is 36.4 Å². The molecule has 4 N–H and O–H groups in total. The number of hydrazone groups is 1. The fraction of sp³-hybridized carbons (Fsp3) is 0. The Morgan fingerprint density at radius 2 is 1.65 bits per heavy atom. The number of rotatable bonds is 5. The molecule has 0 heterocycles. The number of aromatic hydroxyl groups is 1. The Kier molecular flexibility index (Phi) is 7.07. The number of carbonyl (C=O) groups excluding carboxylic acids is 2. The number of carbonyl (C=O) groups is 2. The van der Waals surface area contributed by atoms with Crippen molar-refractivity contribution >= 4 is 56.0 Å². The van der Waals surface area contributed by atoms with Gasteiger partial charge < -0.3 is 5.11 Å². The molecule has 9 heteroatoms. The number of phenols is 1. The smallest absolute Gasteiger partial charge is 0.271 e. The van der Waals surface area contributed by atoms with Crippen LogP contribution in [0.2, 0.25) is 0 Å². The molecule has 2 aromatic rings. The molecule has 0 aliphatic carbocycles. The van der Waals surface area contributed by atoms with Crippen LogP contribution in [0.15, 0.2) is 56.5 Å². The van der Waals surface area contributed by atoms with Gasteiger partial charge in [-0.15, -0.1) is 0 Å². The van der Waals surface area contributed by atoms with Gasteiger partial charge in [-0.25, -0.2) is 10.9 Å². The first-order chi connectivity index (χ1) is 12.4. The fourth-order valence-corrected chi connectivity index (χ4v) is 3.07. The first-order valence-corrected chi connectivity index (χ1v) is 8.73. The van der Waals surface area contributed by atoms with Gasteiger partial charge >= 0.3 is 0 Å². The average Bonchev–Trinajstić information content (AvgIpc) is 2.64. The highest BCUT2D eigenvalue weighted by atomic mass is 79.9. The van der Waals surface area contributed by atoms with E-state index in [-0.39, 0.29) is 5.75 Å². The van der Waals surface area contributed by atoms with Gasteiger partial charge in [-0.1, -0.05) is 12.1 Å².